The molecule has 1 N–H and O–H groups in total. The average molecular weight is 435 g/mol. The lowest BCUT2D eigenvalue weighted by Crippen LogP contribution is -2.48. The van der Waals surface area contributed by atoms with Crippen LogP contribution in [-0.2, 0) is 11.3 Å². The monoisotopic (exact) mass is 434 g/mol. The van der Waals surface area contributed by atoms with E-state index in [-0.39, 0.29) is 6.10 Å². The molecule has 1 heterocycles. The lowest BCUT2D eigenvalue weighted by Gasteiger charge is -2.39. The van der Waals surface area contributed by atoms with Crippen molar-refractivity contribution in [2.45, 2.75) is 65.2 Å². The fourth-order valence-corrected chi connectivity index (χ4v) is 6.22. The molecule has 1 aromatic rings. The molecule has 4 atom stereocenters. The van der Waals surface area contributed by atoms with Crippen LogP contribution < -0.4 is 0 Å². The molecule has 1 aliphatic heterocycles. The second-order valence-electron chi connectivity index (χ2n) is 10.6. The van der Waals surface area contributed by atoms with Crippen LogP contribution in [0.4, 0.5) is 0 Å². The Bertz CT molecular complexity index is 702. The number of hydrogen-bond acceptors (Lipinski definition) is 4. The Labute approximate surface area is 187 Å². The van der Waals surface area contributed by atoms with Crippen molar-refractivity contribution in [2.75, 3.05) is 39.3 Å². The summed E-state index contributed by atoms with van der Waals surface area (Å²) in [5, 5.41) is 11.3. The maximum Gasteiger partial charge on any atom is 0.0689 e. The molecule has 168 valence electrons. The summed E-state index contributed by atoms with van der Waals surface area (Å²) in [4.78, 5) is 4.87. The molecule has 0 radical (unpaired) electrons. The number of ether oxygens (including phenoxy) is 1. The van der Waals surface area contributed by atoms with Gasteiger partial charge in [-0.2, -0.15) is 0 Å². The van der Waals surface area contributed by atoms with Gasteiger partial charge in [-0.3, -0.25) is 9.80 Å². The zero-order valence-electron chi connectivity index (χ0n) is 18.9. The van der Waals surface area contributed by atoms with Crippen molar-refractivity contribution >= 4 is 11.6 Å². The van der Waals surface area contributed by atoms with E-state index in [4.69, 9.17) is 16.3 Å². The van der Waals surface area contributed by atoms with Crippen molar-refractivity contribution in [3.8, 4) is 0 Å². The molecular formula is C25H39ClN2O2. The number of hydrogen-bond donors (Lipinski definition) is 1. The fraction of sp³-hybridized carbons (Fsp3) is 0.760. The number of aliphatic hydroxyl groups is 1. The molecule has 3 aliphatic rings. The van der Waals surface area contributed by atoms with E-state index >= 15 is 0 Å². The number of rotatable bonds is 8. The number of fused-ring (bicyclic) bond motifs is 2. The lowest BCUT2D eigenvalue weighted by molar-refractivity contribution is -0.0570. The first-order valence-corrected chi connectivity index (χ1v) is 12.1. The molecule has 30 heavy (non-hydrogen) atoms. The van der Waals surface area contributed by atoms with Gasteiger partial charge in [0.2, 0.25) is 0 Å². The summed E-state index contributed by atoms with van der Waals surface area (Å²) in [7, 11) is 0. The van der Waals surface area contributed by atoms with Crippen LogP contribution in [0, 0.1) is 16.7 Å². The molecule has 5 heteroatoms. The van der Waals surface area contributed by atoms with Crippen LogP contribution in [0.5, 0.6) is 0 Å². The van der Waals surface area contributed by atoms with Gasteiger partial charge in [-0.25, -0.2) is 0 Å². The maximum atomic E-state index is 10.6. The van der Waals surface area contributed by atoms with Gasteiger partial charge < -0.3 is 9.84 Å². The predicted octanol–water partition coefficient (Wildman–Crippen LogP) is 4.44. The van der Waals surface area contributed by atoms with Crippen molar-refractivity contribution in [1.29, 1.82) is 0 Å². The summed E-state index contributed by atoms with van der Waals surface area (Å²) in [6.45, 7) is 13.8. The topological polar surface area (TPSA) is 35.9 Å². The zero-order valence-corrected chi connectivity index (χ0v) is 19.7. The van der Waals surface area contributed by atoms with Crippen molar-refractivity contribution in [3.63, 3.8) is 0 Å². The fourth-order valence-electron chi connectivity index (χ4n) is 6.10. The maximum absolute atomic E-state index is 10.6. The Morgan fingerprint density at radius 2 is 1.77 bits per heavy atom. The molecule has 0 spiro atoms. The third-order valence-electron chi connectivity index (χ3n) is 8.74. The molecule has 2 bridgehead atoms. The van der Waals surface area contributed by atoms with Gasteiger partial charge in [0, 0.05) is 50.9 Å². The van der Waals surface area contributed by atoms with Gasteiger partial charge in [0.05, 0.1) is 12.2 Å². The molecule has 2 aliphatic carbocycles. The van der Waals surface area contributed by atoms with Gasteiger partial charge in [0.15, 0.2) is 0 Å². The van der Waals surface area contributed by atoms with Gasteiger partial charge in [-0.1, -0.05) is 44.5 Å². The molecule has 0 aromatic heterocycles. The summed E-state index contributed by atoms with van der Waals surface area (Å²) in [5.41, 5.74) is 2.01. The molecule has 0 amide bonds. The van der Waals surface area contributed by atoms with Crippen LogP contribution in [0.3, 0.4) is 0 Å². The molecule has 4 nitrogen and oxygen atoms in total. The second kappa shape index (κ2) is 9.07. The van der Waals surface area contributed by atoms with Gasteiger partial charge in [-0.15, -0.1) is 0 Å². The second-order valence-corrected chi connectivity index (χ2v) is 11.1. The molecule has 1 aromatic carbocycles. The average Bonchev–Trinajstić information content (AvgIpc) is 3.05. The third-order valence-corrected chi connectivity index (χ3v) is 8.99. The van der Waals surface area contributed by atoms with Crippen LogP contribution in [0.15, 0.2) is 24.3 Å². The highest BCUT2D eigenvalue weighted by molar-refractivity contribution is 6.30. The van der Waals surface area contributed by atoms with E-state index in [2.05, 4.69) is 42.7 Å². The van der Waals surface area contributed by atoms with Crippen LogP contribution in [0.2, 0.25) is 5.02 Å². The van der Waals surface area contributed by atoms with Crippen LogP contribution in [-0.4, -0.2) is 66.4 Å². The number of aliphatic hydroxyl groups excluding tert-OH is 1. The van der Waals surface area contributed by atoms with Gasteiger partial charge in [0.1, 0.15) is 0 Å². The van der Waals surface area contributed by atoms with E-state index in [1.165, 1.54) is 24.8 Å². The lowest BCUT2D eigenvalue weighted by atomic mass is 9.70. The smallest absolute Gasteiger partial charge is 0.0689 e. The Kier molecular flexibility index (Phi) is 6.82. The standard InChI is InChI=1S/C25H39ClN2O2/c1-24(2)20-8-10-25(24,3)23(16-20)30-15-9-22(29)18-28-13-11-27(12-14-28)17-19-4-6-21(26)7-5-19/h4-7,20,22-23,29H,8-18H2,1-3H3. The van der Waals surface area contributed by atoms with E-state index in [1.54, 1.807) is 0 Å². The SMILES string of the molecule is CC1(C)C2CCC1(C)C(OCCC(O)CN1CCN(Cc3ccc(Cl)cc3)CC1)C2. The highest BCUT2D eigenvalue weighted by Crippen LogP contribution is 2.66. The summed E-state index contributed by atoms with van der Waals surface area (Å²) in [6, 6.07) is 8.14. The van der Waals surface area contributed by atoms with Gasteiger partial charge >= 0.3 is 0 Å². The van der Waals surface area contributed by atoms with Crippen molar-refractivity contribution in [2.24, 2.45) is 16.7 Å². The van der Waals surface area contributed by atoms with Crippen molar-refractivity contribution < 1.29 is 9.84 Å². The molecule has 2 saturated carbocycles. The summed E-state index contributed by atoms with van der Waals surface area (Å²) in [5.74, 6) is 0.807. The van der Waals surface area contributed by atoms with E-state index in [0.717, 1.165) is 56.6 Å². The summed E-state index contributed by atoms with van der Waals surface area (Å²) in [6.07, 6.45) is 4.66. The first-order chi connectivity index (χ1) is 14.3. The van der Waals surface area contributed by atoms with E-state index in [0.29, 0.717) is 23.5 Å². The quantitative estimate of drug-likeness (QED) is 0.656. The Morgan fingerprint density at radius 3 is 2.37 bits per heavy atom. The van der Waals surface area contributed by atoms with Crippen molar-refractivity contribution in [1.82, 2.24) is 9.80 Å². The highest BCUT2D eigenvalue weighted by atomic mass is 35.5. The molecule has 4 unspecified atom stereocenters. The minimum atomic E-state index is -0.299. The Balaban J connectivity index is 1.14. The summed E-state index contributed by atoms with van der Waals surface area (Å²) >= 11 is 5.98. The minimum Gasteiger partial charge on any atom is -0.392 e. The van der Waals surface area contributed by atoms with Gasteiger partial charge in [-0.05, 0) is 60.1 Å². The van der Waals surface area contributed by atoms with Crippen LogP contribution in [0.1, 0.15) is 52.0 Å². The number of benzene rings is 1. The number of β-amino-alcohol motifs (C(OH)–C–C–N with tert-alkyl or cyclic N) is 1. The molecule has 3 fully saturated rings. The number of halogens is 1. The molecule has 1 saturated heterocycles. The first-order valence-electron chi connectivity index (χ1n) is 11.8. The predicted molar refractivity (Wildman–Crippen MR) is 123 cm³/mol. The number of nitrogens with zero attached hydrogens (tertiary/aromatic N) is 2. The molecule has 4 rings (SSSR count). The minimum absolute atomic E-state index is 0.299. The van der Waals surface area contributed by atoms with Crippen LogP contribution >= 0.6 is 11.6 Å². The Morgan fingerprint density at radius 1 is 1.10 bits per heavy atom. The van der Waals surface area contributed by atoms with Gasteiger partial charge in [0.25, 0.3) is 0 Å². The van der Waals surface area contributed by atoms with E-state index in [9.17, 15) is 5.11 Å². The van der Waals surface area contributed by atoms with E-state index < -0.39 is 0 Å². The van der Waals surface area contributed by atoms with Crippen LogP contribution in [0.25, 0.3) is 0 Å². The zero-order chi connectivity index (χ0) is 21.4. The van der Waals surface area contributed by atoms with E-state index in [1.807, 2.05) is 12.1 Å². The highest BCUT2D eigenvalue weighted by Gasteiger charge is 2.61. The third kappa shape index (κ3) is 4.59. The largest absolute Gasteiger partial charge is 0.392 e. The normalized spacial score (nSPS) is 32.6. The Hall–Kier alpha value is -0.650. The first kappa shape index (κ1) is 22.5. The summed E-state index contributed by atoms with van der Waals surface area (Å²) < 4.78 is 6.33. The molecular weight excluding hydrogens is 396 g/mol. The number of piperazine rings is 1. The van der Waals surface area contributed by atoms with Crippen molar-refractivity contribution in [3.05, 3.63) is 34.9 Å².